The van der Waals surface area contributed by atoms with Crippen molar-refractivity contribution in [1.82, 2.24) is 0 Å². The van der Waals surface area contributed by atoms with Gasteiger partial charge in [0, 0.05) is 24.7 Å². The van der Waals surface area contributed by atoms with Gasteiger partial charge in [-0.1, -0.05) is 48.5 Å². The van der Waals surface area contributed by atoms with Crippen LogP contribution in [0.4, 0.5) is 5.69 Å². The second-order valence-corrected chi connectivity index (χ2v) is 5.85. The van der Waals surface area contributed by atoms with Crippen molar-refractivity contribution in [3.05, 3.63) is 65.7 Å². The minimum Gasteiger partial charge on any atom is -0.324 e. The van der Waals surface area contributed by atoms with Crippen LogP contribution in [-0.4, -0.2) is 12.5 Å². The van der Waals surface area contributed by atoms with E-state index in [1.807, 2.05) is 53.4 Å². The Bertz CT molecular complexity index is 645. The van der Waals surface area contributed by atoms with E-state index in [-0.39, 0.29) is 24.4 Å². The van der Waals surface area contributed by atoms with E-state index in [1.165, 1.54) is 5.56 Å². The quantitative estimate of drug-likeness (QED) is 0.928. The summed E-state index contributed by atoms with van der Waals surface area (Å²) >= 11 is 0. The fraction of sp³-hybridized carbons (Fsp3) is 0.316. The highest BCUT2D eigenvalue weighted by Gasteiger charge is 2.22. The minimum absolute atomic E-state index is 0. The minimum atomic E-state index is -0.246. The Morgan fingerprint density at radius 2 is 1.74 bits per heavy atom. The monoisotopic (exact) mass is 330 g/mol. The molecule has 0 saturated heterocycles. The summed E-state index contributed by atoms with van der Waals surface area (Å²) in [5.41, 5.74) is 9.55. The lowest BCUT2D eigenvalue weighted by Gasteiger charge is -2.24. The van der Waals surface area contributed by atoms with Gasteiger partial charge in [0.2, 0.25) is 5.91 Å². The molecule has 1 amide bonds. The van der Waals surface area contributed by atoms with Crippen LogP contribution in [0.15, 0.2) is 54.6 Å². The van der Waals surface area contributed by atoms with Gasteiger partial charge in [-0.25, -0.2) is 0 Å². The number of benzene rings is 2. The summed E-state index contributed by atoms with van der Waals surface area (Å²) in [6.45, 7) is 0.789. The van der Waals surface area contributed by atoms with E-state index in [0.29, 0.717) is 6.42 Å². The van der Waals surface area contributed by atoms with Crippen molar-refractivity contribution in [3.8, 4) is 0 Å². The SMILES string of the molecule is Cl.NC(CC(=O)N1CCCCc2ccccc21)c1ccccc1. The van der Waals surface area contributed by atoms with E-state index in [2.05, 4.69) is 6.07 Å². The maximum atomic E-state index is 12.7. The van der Waals surface area contributed by atoms with Crippen LogP contribution in [0.5, 0.6) is 0 Å². The second-order valence-electron chi connectivity index (χ2n) is 5.85. The van der Waals surface area contributed by atoms with Crippen molar-refractivity contribution in [2.24, 2.45) is 5.73 Å². The van der Waals surface area contributed by atoms with E-state index in [9.17, 15) is 4.79 Å². The Hall–Kier alpha value is -1.84. The van der Waals surface area contributed by atoms with Crippen LogP contribution in [-0.2, 0) is 11.2 Å². The van der Waals surface area contributed by atoms with Crippen molar-refractivity contribution in [2.45, 2.75) is 31.7 Å². The molecule has 0 saturated carbocycles. The zero-order valence-corrected chi connectivity index (χ0v) is 14.0. The van der Waals surface area contributed by atoms with Gasteiger partial charge in [0.1, 0.15) is 0 Å². The zero-order valence-electron chi connectivity index (χ0n) is 13.2. The van der Waals surface area contributed by atoms with Crippen LogP contribution in [0, 0.1) is 0 Å². The van der Waals surface area contributed by atoms with Crippen LogP contribution >= 0.6 is 12.4 Å². The fourth-order valence-corrected chi connectivity index (χ4v) is 3.07. The third-order valence-corrected chi connectivity index (χ3v) is 4.28. The first kappa shape index (κ1) is 17.5. The zero-order chi connectivity index (χ0) is 15.4. The summed E-state index contributed by atoms with van der Waals surface area (Å²) < 4.78 is 0. The van der Waals surface area contributed by atoms with Gasteiger partial charge in [-0.3, -0.25) is 4.79 Å². The molecule has 4 heteroatoms. The number of halogens is 1. The highest BCUT2D eigenvalue weighted by atomic mass is 35.5. The number of amides is 1. The number of fused-ring (bicyclic) bond motifs is 1. The summed E-state index contributed by atoms with van der Waals surface area (Å²) in [5, 5.41) is 0. The number of nitrogens with two attached hydrogens (primary N) is 1. The molecule has 0 aliphatic carbocycles. The van der Waals surface area contributed by atoms with Crippen LogP contribution in [0.2, 0.25) is 0 Å². The topological polar surface area (TPSA) is 46.3 Å². The van der Waals surface area contributed by atoms with E-state index in [4.69, 9.17) is 5.73 Å². The van der Waals surface area contributed by atoms with Crippen LogP contribution in [0.25, 0.3) is 0 Å². The first-order chi connectivity index (χ1) is 10.8. The van der Waals surface area contributed by atoms with Crippen molar-refractivity contribution in [2.75, 3.05) is 11.4 Å². The smallest absolute Gasteiger partial charge is 0.228 e. The van der Waals surface area contributed by atoms with Crippen molar-refractivity contribution >= 4 is 24.0 Å². The summed E-state index contributed by atoms with van der Waals surface area (Å²) in [6, 6.07) is 17.8. The molecule has 1 unspecified atom stereocenters. The molecule has 122 valence electrons. The molecular weight excluding hydrogens is 308 g/mol. The normalized spacial score (nSPS) is 15.1. The Morgan fingerprint density at radius 3 is 2.52 bits per heavy atom. The van der Waals surface area contributed by atoms with Gasteiger partial charge in [-0.05, 0) is 36.5 Å². The van der Waals surface area contributed by atoms with Crippen LogP contribution < -0.4 is 10.6 Å². The number of hydrogen-bond donors (Lipinski definition) is 1. The molecular formula is C19H23ClN2O. The highest BCUT2D eigenvalue weighted by Crippen LogP contribution is 2.27. The third kappa shape index (κ3) is 4.12. The van der Waals surface area contributed by atoms with Gasteiger partial charge < -0.3 is 10.6 Å². The van der Waals surface area contributed by atoms with Gasteiger partial charge >= 0.3 is 0 Å². The molecule has 2 aromatic carbocycles. The third-order valence-electron chi connectivity index (χ3n) is 4.28. The number of carbonyl (C=O) groups is 1. The maximum Gasteiger partial charge on any atom is 0.228 e. The molecule has 3 nitrogen and oxygen atoms in total. The van der Waals surface area contributed by atoms with E-state index < -0.39 is 0 Å². The number of anilines is 1. The second kappa shape index (κ2) is 8.14. The molecule has 0 bridgehead atoms. The molecule has 1 aliphatic rings. The molecule has 2 N–H and O–H groups in total. The largest absolute Gasteiger partial charge is 0.324 e. The molecule has 1 aliphatic heterocycles. The lowest BCUT2D eigenvalue weighted by Crippen LogP contribution is -2.34. The van der Waals surface area contributed by atoms with Crippen LogP contribution in [0.3, 0.4) is 0 Å². The summed E-state index contributed by atoms with van der Waals surface area (Å²) in [7, 11) is 0. The number of nitrogens with zero attached hydrogens (tertiary/aromatic N) is 1. The predicted octanol–water partition coefficient (Wildman–Crippen LogP) is 3.87. The van der Waals surface area contributed by atoms with Crippen molar-refractivity contribution in [3.63, 3.8) is 0 Å². The lowest BCUT2D eigenvalue weighted by atomic mass is 10.0. The Morgan fingerprint density at radius 1 is 1.04 bits per heavy atom. The first-order valence-electron chi connectivity index (χ1n) is 7.94. The van der Waals surface area contributed by atoms with Gasteiger partial charge in [0.25, 0.3) is 0 Å². The predicted molar refractivity (Wildman–Crippen MR) is 97.0 cm³/mol. The first-order valence-corrected chi connectivity index (χ1v) is 7.94. The Kier molecular flexibility index (Phi) is 6.20. The van der Waals surface area contributed by atoms with Gasteiger partial charge in [0.15, 0.2) is 0 Å². The number of para-hydroxylation sites is 1. The number of aryl methyl sites for hydroxylation is 1. The fourth-order valence-electron chi connectivity index (χ4n) is 3.07. The maximum absolute atomic E-state index is 12.7. The van der Waals surface area contributed by atoms with Gasteiger partial charge in [0.05, 0.1) is 0 Å². The molecule has 0 radical (unpaired) electrons. The lowest BCUT2D eigenvalue weighted by molar-refractivity contribution is -0.119. The Labute approximate surface area is 143 Å². The molecule has 1 heterocycles. The van der Waals surface area contributed by atoms with E-state index >= 15 is 0 Å². The molecule has 1 atom stereocenters. The highest BCUT2D eigenvalue weighted by molar-refractivity contribution is 5.94. The van der Waals surface area contributed by atoms with Crippen molar-refractivity contribution < 1.29 is 4.79 Å². The average Bonchev–Trinajstić information content (AvgIpc) is 2.78. The van der Waals surface area contributed by atoms with Gasteiger partial charge in [-0.2, -0.15) is 0 Å². The molecule has 0 fully saturated rings. The van der Waals surface area contributed by atoms with Crippen molar-refractivity contribution in [1.29, 1.82) is 0 Å². The number of carbonyl (C=O) groups excluding carboxylic acids is 1. The number of rotatable bonds is 3. The average molecular weight is 331 g/mol. The van der Waals surface area contributed by atoms with E-state index in [0.717, 1.165) is 37.1 Å². The molecule has 23 heavy (non-hydrogen) atoms. The van der Waals surface area contributed by atoms with Gasteiger partial charge in [-0.15, -0.1) is 12.4 Å². The summed E-state index contributed by atoms with van der Waals surface area (Å²) in [6.07, 6.45) is 3.57. The molecule has 3 rings (SSSR count). The van der Waals surface area contributed by atoms with E-state index in [1.54, 1.807) is 0 Å². The molecule has 0 spiro atoms. The number of hydrogen-bond acceptors (Lipinski definition) is 2. The van der Waals surface area contributed by atoms with Crippen LogP contribution in [0.1, 0.15) is 36.4 Å². The molecule has 2 aromatic rings. The Balaban J connectivity index is 0.00000192. The standard InChI is InChI=1S/C19H22N2O.ClH/c20-17(15-8-2-1-3-9-15)14-19(22)21-13-7-6-11-16-10-4-5-12-18(16)21;/h1-5,8-10,12,17H,6-7,11,13-14,20H2;1H. The summed E-state index contributed by atoms with van der Waals surface area (Å²) in [4.78, 5) is 14.7. The molecule has 0 aromatic heterocycles. The summed E-state index contributed by atoms with van der Waals surface area (Å²) in [5.74, 6) is 0.116.